The Morgan fingerprint density at radius 2 is 1.38 bits per heavy atom. The van der Waals surface area contributed by atoms with Gasteiger partial charge in [-0.1, -0.05) is 74.5 Å². The van der Waals surface area contributed by atoms with Crippen molar-refractivity contribution in [1.29, 1.82) is 0 Å². The molecule has 1 unspecified atom stereocenters. The number of Topliss-reactive ketones (excluding diaryl/α,β-unsaturated/α-hetero) is 1. The maximum atomic E-state index is 13.0. The molecule has 2 aromatic rings. The first-order valence-corrected chi connectivity index (χ1v) is 10.4. The molecule has 0 radical (unpaired) electrons. The molecule has 2 atom stereocenters. The summed E-state index contributed by atoms with van der Waals surface area (Å²) in [6, 6.07) is 15.2. The monoisotopic (exact) mass is 448 g/mol. The molecule has 0 heterocycles. The summed E-state index contributed by atoms with van der Waals surface area (Å²) < 4.78 is 38.9. The van der Waals surface area contributed by atoms with Crippen LogP contribution in [0.3, 0.4) is 0 Å². The molecule has 5 nitrogen and oxygen atoms in total. The van der Waals surface area contributed by atoms with Gasteiger partial charge in [0.05, 0.1) is 6.04 Å². The van der Waals surface area contributed by atoms with E-state index in [-0.39, 0.29) is 12.8 Å². The number of benzene rings is 2. The lowest BCUT2D eigenvalue weighted by molar-refractivity contribution is -0.175. The van der Waals surface area contributed by atoms with Gasteiger partial charge in [-0.05, 0) is 23.5 Å². The fraction of sp³-hybridized carbons (Fsp3) is 0.375. The predicted octanol–water partition coefficient (Wildman–Crippen LogP) is 3.62. The summed E-state index contributed by atoms with van der Waals surface area (Å²) in [4.78, 5) is 37.1. The first-order valence-electron chi connectivity index (χ1n) is 10.4. The van der Waals surface area contributed by atoms with E-state index in [0.29, 0.717) is 6.42 Å². The molecule has 0 spiro atoms. The summed E-state index contributed by atoms with van der Waals surface area (Å²) >= 11 is 0. The number of carbonyl (C=O) groups is 3. The molecule has 0 aliphatic carbocycles. The quantitative estimate of drug-likeness (QED) is 0.583. The lowest BCUT2D eigenvalue weighted by Crippen LogP contribution is -2.56. The van der Waals surface area contributed by atoms with E-state index in [9.17, 15) is 27.6 Å². The van der Waals surface area contributed by atoms with Crippen LogP contribution in [-0.4, -0.2) is 35.9 Å². The van der Waals surface area contributed by atoms with Gasteiger partial charge in [0.2, 0.25) is 11.8 Å². The molecule has 0 aromatic heterocycles. The zero-order valence-corrected chi connectivity index (χ0v) is 18.0. The Bertz CT molecular complexity index is 900. The van der Waals surface area contributed by atoms with Gasteiger partial charge in [0.15, 0.2) is 0 Å². The fourth-order valence-electron chi connectivity index (χ4n) is 3.19. The minimum Gasteiger partial charge on any atom is -0.344 e. The highest BCUT2D eigenvalue weighted by atomic mass is 19.4. The molecule has 8 heteroatoms. The molecule has 2 aromatic carbocycles. The van der Waals surface area contributed by atoms with Gasteiger partial charge in [-0.3, -0.25) is 14.4 Å². The van der Waals surface area contributed by atoms with E-state index in [1.54, 1.807) is 30.3 Å². The van der Waals surface area contributed by atoms with Crippen molar-refractivity contribution >= 4 is 17.6 Å². The molecule has 2 N–H and O–H groups in total. The molecule has 0 aliphatic heterocycles. The van der Waals surface area contributed by atoms with Gasteiger partial charge in [-0.15, -0.1) is 0 Å². The van der Waals surface area contributed by atoms with Crippen LogP contribution in [0, 0.1) is 5.92 Å². The summed E-state index contributed by atoms with van der Waals surface area (Å²) in [5.41, 5.74) is 1.67. The highest BCUT2D eigenvalue weighted by Crippen LogP contribution is 2.21. The first-order chi connectivity index (χ1) is 15.1. The van der Waals surface area contributed by atoms with Crippen molar-refractivity contribution < 1.29 is 27.6 Å². The molecular weight excluding hydrogens is 421 g/mol. The Balaban J connectivity index is 2.13. The van der Waals surface area contributed by atoms with E-state index in [1.165, 1.54) is 13.8 Å². The smallest absolute Gasteiger partial charge is 0.344 e. The van der Waals surface area contributed by atoms with Crippen LogP contribution in [-0.2, 0) is 27.2 Å². The summed E-state index contributed by atoms with van der Waals surface area (Å²) in [5, 5.41) is 4.81. The maximum absolute atomic E-state index is 13.0. The van der Waals surface area contributed by atoms with Crippen LogP contribution in [0.4, 0.5) is 13.2 Å². The summed E-state index contributed by atoms with van der Waals surface area (Å²) in [7, 11) is 0. The zero-order valence-electron chi connectivity index (χ0n) is 18.0. The van der Waals surface area contributed by atoms with Gasteiger partial charge < -0.3 is 10.6 Å². The zero-order chi connectivity index (χ0) is 23.7. The standard InChI is InChI=1S/C24H27F3N2O3/c1-16(2)21(22(31)24(25,26)27)29-23(32)19(15-18-11-7-4-8-12-18)28-20(30)14-13-17-9-5-3-6-10-17/h3-12,16,19,21H,13-15H2,1-2H3,(H,28,30)(H,29,32)/t19?,21-/m0/s1. The first kappa shape index (κ1) is 25.1. The minimum absolute atomic E-state index is 0.0781. The van der Waals surface area contributed by atoms with Crippen molar-refractivity contribution in [1.82, 2.24) is 10.6 Å². The van der Waals surface area contributed by atoms with E-state index in [4.69, 9.17) is 0 Å². The Hall–Kier alpha value is -3.16. The molecular formula is C24H27F3N2O3. The van der Waals surface area contributed by atoms with Crippen molar-refractivity contribution in [2.24, 2.45) is 5.92 Å². The number of hydrogen-bond acceptors (Lipinski definition) is 3. The van der Waals surface area contributed by atoms with Crippen molar-refractivity contribution in [3.05, 3.63) is 71.8 Å². The lowest BCUT2D eigenvalue weighted by atomic mass is 9.98. The highest BCUT2D eigenvalue weighted by Gasteiger charge is 2.45. The molecule has 2 rings (SSSR count). The van der Waals surface area contributed by atoms with Crippen molar-refractivity contribution in [2.75, 3.05) is 0 Å². The summed E-state index contributed by atoms with van der Waals surface area (Å²) in [6.45, 7) is 2.83. The fourth-order valence-corrected chi connectivity index (χ4v) is 3.19. The van der Waals surface area contributed by atoms with E-state index in [1.807, 2.05) is 30.3 Å². The van der Waals surface area contributed by atoms with Crippen LogP contribution >= 0.6 is 0 Å². The topological polar surface area (TPSA) is 75.3 Å². The number of alkyl halides is 3. The normalized spacial score (nSPS) is 13.3. The molecule has 0 saturated heterocycles. The maximum Gasteiger partial charge on any atom is 0.452 e. The summed E-state index contributed by atoms with van der Waals surface area (Å²) in [6.07, 6.45) is -4.43. The number of ketones is 1. The Kier molecular flexibility index (Phi) is 8.99. The number of nitrogens with one attached hydrogen (secondary N) is 2. The van der Waals surface area contributed by atoms with Crippen molar-refractivity contribution in [3.63, 3.8) is 0 Å². The van der Waals surface area contributed by atoms with Crippen LogP contribution in [0.1, 0.15) is 31.4 Å². The van der Waals surface area contributed by atoms with Crippen molar-refractivity contribution in [3.8, 4) is 0 Å². The average molecular weight is 448 g/mol. The van der Waals surface area contributed by atoms with E-state index >= 15 is 0 Å². The summed E-state index contributed by atoms with van der Waals surface area (Å²) in [5.74, 6) is -4.04. The molecule has 0 fully saturated rings. The molecule has 0 saturated carbocycles. The molecule has 32 heavy (non-hydrogen) atoms. The largest absolute Gasteiger partial charge is 0.452 e. The third-order valence-electron chi connectivity index (χ3n) is 4.94. The highest BCUT2D eigenvalue weighted by molar-refractivity contribution is 5.95. The van der Waals surface area contributed by atoms with Gasteiger partial charge in [-0.2, -0.15) is 13.2 Å². The Morgan fingerprint density at radius 3 is 1.88 bits per heavy atom. The van der Waals surface area contributed by atoms with Crippen LogP contribution in [0.2, 0.25) is 0 Å². The predicted molar refractivity (Wildman–Crippen MR) is 115 cm³/mol. The second kappa shape index (κ2) is 11.5. The van der Waals surface area contributed by atoms with Crippen LogP contribution < -0.4 is 10.6 Å². The number of amides is 2. The SMILES string of the molecule is CC(C)[C@H](NC(=O)C(Cc1ccccc1)NC(=O)CCc1ccccc1)C(=O)C(F)(F)F. The molecule has 0 bridgehead atoms. The van der Waals surface area contributed by atoms with Crippen LogP contribution in [0.5, 0.6) is 0 Å². The molecule has 172 valence electrons. The number of halogens is 3. The van der Waals surface area contributed by atoms with Gasteiger partial charge in [-0.25, -0.2) is 0 Å². The van der Waals surface area contributed by atoms with Gasteiger partial charge in [0.1, 0.15) is 6.04 Å². The second-order valence-electron chi connectivity index (χ2n) is 7.89. The minimum atomic E-state index is -5.07. The van der Waals surface area contributed by atoms with Gasteiger partial charge in [0, 0.05) is 12.8 Å². The lowest BCUT2D eigenvalue weighted by Gasteiger charge is -2.25. The Morgan fingerprint density at radius 1 is 0.844 bits per heavy atom. The number of rotatable bonds is 10. The Labute approximate surface area is 185 Å². The number of carbonyl (C=O) groups excluding carboxylic acids is 3. The van der Waals surface area contributed by atoms with Crippen LogP contribution in [0.15, 0.2) is 60.7 Å². The number of aryl methyl sites for hydroxylation is 1. The number of hydrogen-bond donors (Lipinski definition) is 2. The van der Waals surface area contributed by atoms with E-state index in [0.717, 1.165) is 11.1 Å². The van der Waals surface area contributed by atoms with Gasteiger partial charge in [0.25, 0.3) is 5.78 Å². The molecule has 2 amide bonds. The third kappa shape index (κ3) is 7.83. The van der Waals surface area contributed by atoms with E-state index in [2.05, 4.69) is 10.6 Å². The van der Waals surface area contributed by atoms with Gasteiger partial charge >= 0.3 is 6.18 Å². The van der Waals surface area contributed by atoms with Crippen LogP contribution in [0.25, 0.3) is 0 Å². The van der Waals surface area contributed by atoms with E-state index < -0.39 is 41.8 Å². The molecule has 0 aliphatic rings. The third-order valence-corrected chi connectivity index (χ3v) is 4.94. The van der Waals surface area contributed by atoms with Crippen molar-refractivity contribution in [2.45, 2.75) is 51.4 Å². The second-order valence-corrected chi connectivity index (χ2v) is 7.89. The average Bonchev–Trinajstić information content (AvgIpc) is 2.75.